The SMILES string of the molecule is O=c1oc2cc(Sc3ccc(O)cc3)cccc-2c1C1=CCc2ccccc21. The first-order valence-corrected chi connectivity index (χ1v) is 9.83. The third-order valence-electron chi connectivity index (χ3n) is 4.91. The largest absolute Gasteiger partial charge is 0.508 e. The molecule has 0 spiro atoms. The number of aromatic hydroxyl groups is 1. The second-order valence-corrected chi connectivity index (χ2v) is 7.84. The molecule has 2 aliphatic carbocycles. The second kappa shape index (κ2) is 6.73. The summed E-state index contributed by atoms with van der Waals surface area (Å²) in [5.74, 6) is 0.818. The van der Waals surface area contributed by atoms with Gasteiger partial charge in [0.2, 0.25) is 0 Å². The van der Waals surface area contributed by atoms with Crippen molar-refractivity contribution in [3.8, 4) is 17.1 Å². The molecule has 1 heterocycles. The second-order valence-electron chi connectivity index (χ2n) is 6.69. The maximum absolute atomic E-state index is 12.7. The molecule has 2 aromatic rings. The van der Waals surface area contributed by atoms with E-state index in [4.69, 9.17) is 4.42 Å². The molecule has 0 saturated heterocycles. The Bertz CT molecular complexity index is 1240. The van der Waals surface area contributed by atoms with Crippen molar-refractivity contribution in [1.82, 2.24) is 0 Å². The molecule has 3 nitrogen and oxygen atoms in total. The molecule has 3 aliphatic rings. The van der Waals surface area contributed by atoms with Crippen molar-refractivity contribution >= 4 is 17.3 Å². The van der Waals surface area contributed by atoms with E-state index in [1.54, 1.807) is 23.9 Å². The van der Waals surface area contributed by atoms with Crippen LogP contribution in [0, 0.1) is 0 Å². The number of furan rings is 1. The number of phenolic OH excluding ortho intramolecular Hbond substituents is 1. The number of rotatable bonds is 3. The Hall–Kier alpha value is -3.24. The zero-order valence-electron chi connectivity index (χ0n) is 14.9. The van der Waals surface area contributed by atoms with Crippen molar-refractivity contribution in [3.63, 3.8) is 0 Å². The fourth-order valence-electron chi connectivity index (χ4n) is 3.62. The van der Waals surface area contributed by atoms with E-state index in [-0.39, 0.29) is 11.4 Å². The first-order valence-electron chi connectivity index (χ1n) is 9.01. The van der Waals surface area contributed by atoms with Gasteiger partial charge in [0.05, 0.1) is 5.56 Å². The van der Waals surface area contributed by atoms with E-state index in [0.29, 0.717) is 11.3 Å². The third-order valence-corrected chi connectivity index (χ3v) is 5.91. The standard InChI is InChI=1S/C24H16O3S/c25-16-9-11-17(12-10-16)28-18-5-3-7-21-22(14-18)27-24(26)23(21)20-13-8-15-4-1-2-6-19(15)20/h1-7,9-14,25H,8H2. The smallest absolute Gasteiger partial charge is 0.344 e. The van der Waals surface area contributed by atoms with Gasteiger partial charge in [-0.25, -0.2) is 4.79 Å². The van der Waals surface area contributed by atoms with Gasteiger partial charge in [-0.3, -0.25) is 0 Å². The molecular formula is C24H16O3S. The zero-order valence-corrected chi connectivity index (χ0v) is 15.7. The van der Waals surface area contributed by atoms with Gasteiger partial charge >= 0.3 is 5.63 Å². The topological polar surface area (TPSA) is 50.4 Å². The maximum Gasteiger partial charge on any atom is 0.344 e. The molecule has 0 atom stereocenters. The number of phenols is 1. The van der Waals surface area contributed by atoms with Crippen LogP contribution in [-0.2, 0) is 6.42 Å². The zero-order chi connectivity index (χ0) is 19.1. The lowest BCUT2D eigenvalue weighted by Crippen LogP contribution is -2.00. The van der Waals surface area contributed by atoms with Crippen LogP contribution in [0.5, 0.6) is 5.75 Å². The lowest BCUT2D eigenvalue weighted by atomic mass is 9.97. The van der Waals surface area contributed by atoms with Gasteiger partial charge < -0.3 is 9.52 Å². The summed E-state index contributed by atoms with van der Waals surface area (Å²) in [5, 5.41) is 9.45. The first kappa shape index (κ1) is 16.9. The summed E-state index contributed by atoms with van der Waals surface area (Å²) < 4.78 is 5.63. The predicted molar refractivity (Wildman–Crippen MR) is 111 cm³/mol. The highest BCUT2D eigenvalue weighted by Crippen LogP contribution is 2.39. The quantitative estimate of drug-likeness (QED) is 0.500. The summed E-state index contributed by atoms with van der Waals surface area (Å²) in [4.78, 5) is 14.7. The summed E-state index contributed by atoms with van der Waals surface area (Å²) in [6.45, 7) is 0. The van der Waals surface area contributed by atoms with Gasteiger partial charge in [-0.1, -0.05) is 54.2 Å². The van der Waals surface area contributed by atoms with Gasteiger partial charge in [-0.15, -0.1) is 0 Å². The first-order chi connectivity index (χ1) is 13.7. The highest BCUT2D eigenvalue weighted by atomic mass is 32.2. The van der Waals surface area contributed by atoms with Crippen LogP contribution in [0.4, 0.5) is 0 Å². The van der Waals surface area contributed by atoms with Crippen molar-refractivity contribution in [3.05, 3.63) is 106 Å². The predicted octanol–water partition coefficient (Wildman–Crippen LogP) is 5.59. The van der Waals surface area contributed by atoms with Crippen molar-refractivity contribution < 1.29 is 9.52 Å². The summed E-state index contributed by atoms with van der Waals surface area (Å²) in [5.41, 5.74) is 4.45. The monoisotopic (exact) mass is 384 g/mol. The molecule has 0 bridgehead atoms. The molecule has 0 saturated carbocycles. The van der Waals surface area contributed by atoms with E-state index in [9.17, 15) is 9.90 Å². The van der Waals surface area contributed by atoms with Crippen LogP contribution in [0.2, 0.25) is 0 Å². The molecule has 1 N–H and O–H groups in total. The Morgan fingerprint density at radius 2 is 1.64 bits per heavy atom. The average Bonchev–Trinajstić information content (AvgIpc) is 3.18. The van der Waals surface area contributed by atoms with E-state index in [1.165, 1.54) is 5.56 Å². The number of hydrogen-bond donors (Lipinski definition) is 1. The van der Waals surface area contributed by atoms with Crippen LogP contribution in [0.3, 0.4) is 0 Å². The maximum atomic E-state index is 12.7. The average molecular weight is 384 g/mol. The van der Waals surface area contributed by atoms with Gasteiger partial charge in [0.15, 0.2) is 0 Å². The van der Waals surface area contributed by atoms with E-state index < -0.39 is 0 Å². The molecule has 0 fully saturated rings. The summed E-state index contributed by atoms with van der Waals surface area (Å²) in [7, 11) is 0. The molecular weight excluding hydrogens is 368 g/mol. The van der Waals surface area contributed by atoms with Crippen LogP contribution in [-0.4, -0.2) is 5.11 Å². The van der Waals surface area contributed by atoms with Crippen molar-refractivity contribution in [1.29, 1.82) is 0 Å². The minimum absolute atomic E-state index is 0.238. The Labute approximate surface area is 166 Å². The van der Waals surface area contributed by atoms with E-state index >= 15 is 0 Å². The highest BCUT2D eigenvalue weighted by Gasteiger charge is 2.25. The van der Waals surface area contributed by atoms with E-state index in [2.05, 4.69) is 18.2 Å². The van der Waals surface area contributed by atoms with Crippen molar-refractivity contribution in [2.45, 2.75) is 16.2 Å². The van der Waals surface area contributed by atoms with Crippen molar-refractivity contribution in [2.24, 2.45) is 0 Å². The highest BCUT2D eigenvalue weighted by molar-refractivity contribution is 7.99. The minimum Gasteiger partial charge on any atom is -0.508 e. The third kappa shape index (κ3) is 2.92. The van der Waals surface area contributed by atoms with Crippen LogP contribution in [0.25, 0.3) is 16.9 Å². The van der Waals surface area contributed by atoms with Gasteiger partial charge in [0, 0.05) is 15.4 Å². The normalized spacial score (nSPS) is 12.8. The van der Waals surface area contributed by atoms with Crippen LogP contribution in [0.1, 0.15) is 16.7 Å². The van der Waals surface area contributed by atoms with E-state index in [1.807, 2.05) is 48.5 Å². The van der Waals surface area contributed by atoms with Gasteiger partial charge in [0.25, 0.3) is 0 Å². The molecule has 136 valence electrons. The summed E-state index contributed by atoms with van der Waals surface area (Å²) in [6, 6.07) is 23.0. The van der Waals surface area contributed by atoms with Gasteiger partial charge in [0.1, 0.15) is 11.5 Å². The molecule has 0 aromatic heterocycles. The number of fused-ring (bicyclic) bond motifs is 2. The Balaban J connectivity index is 1.55. The van der Waals surface area contributed by atoms with Gasteiger partial charge in [-0.05, 0) is 59.5 Å². The fraction of sp³-hybridized carbons (Fsp3) is 0.0417. The lowest BCUT2D eigenvalue weighted by Gasteiger charge is -2.03. The fourth-order valence-corrected chi connectivity index (χ4v) is 4.47. The van der Waals surface area contributed by atoms with Crippen LogP contribution < -0.4 is 5.63 Å². The van der Waals surface area contributed by atoms with E-state index in [0.717, 1.165) is 32.9 Å². The minimum atomic E-state index is -0.301. The molecule has 0 unspecified atom stereocenters. The number of allylic oxidation sites excluding steroid dienone is 1. The van der Waals surface area contributed by atoms with Gasteiger partial charge in [-0.2, -0.15) is 0 Å². The molecule has 0 radical (unpaired) electrons. The summed E-state index contributed by atoms with van der Waals surface area (Å²) >= 11 is 1.55. The Morgan fingerprint density at radius 1 is 0.857 bits per heavy atom. The Morgan fingerprint density at radius 3 is 2.50 bits per heavy atom. The van der Waals surface area contributed by atoms with Crippen LogP contribution >= 0.6 is 11.8 Å². The molecule has 0 amide bonds. The molecule has 4 heteroatoms. The summed E-state index contributed by atoms with van der Waals surface area (Å²) in [6.07, 6.45) is 2.94. The van der Waals surface area contributed by atoms with Crippen LogP contribution in [0.15, 0.2) is 97.9 Å². The molecule has 5 rings (SSSR count). The molecule has 28 heavy (non-hydrogen) atoms. The molecule has 2 aromatic carbocycles. The lowest BCUT2D eigenvalue weighted by molar-refractivity contribution is 0.475. The van der Waals surface area contributed by atoms with Crippen molar-refractivity contribution in [2.75, 3.05) is 0 Å². The number of benzene rings is 2. The molecule has 1 aliphatic heterocycles. The number of hydrogen-bond acceptors (Lipinski definition) is 4. The Kier molecular flexibility index (Phi) is 4.06.